The van der Waals surface area contributed by atoms with Gasteiger partial charge in [-0.25, -0.2) is 0 Å². The van der Waals surface area contributed by atoms with E-state index in [1.54, 1.807) is 0 Å². The molecule has 0 saturated heterocycles. The molecule has 1 heteroatoms. The standard InChI is InChI=1S/C19H14O/c20-18-12-14-7-2-3-9-15(14)17-11-5-8-13-6-1-4-10-16(13)19(17)18/h1-11,20H,12H2. The fourth-order valence-electron chi connectivity index (χ4n) is 3.09. The lowest BCUT2D eigenvalue weighted by atomic mass is 9.82. The summed E-state index contributed by atoms with van der Waals surface area (Å²) in [5, 5.41) is 10.5. The predicted molar refractivity (Wildman–Crippen MR) is 83.1 cm³/mol. The molecule has 0 aliphatic heterocycles. The van der Waals surface area contributed by atoms with Gasteiger partial charge in [0.2, 0.25) is 0 Å². The normalized spacial score (nSPS) is 15.9. The highest BCUT2D eigenvalue weighted by molar-refractivity contribution is 6.10. The van der Waals surface area contributed by atoms with Crippen molar-refractivity contribution >= 4 is 17.2 Å². The maximum atomic E-state index is 10.5. The molecule has 20 heavy (non-hydrogen) atoms. The van der Waals surface area contributed by atoms with Gasteiger partial charge >= 0.3 is 0 Å². The van der Waals surface area contributed by atoms with Crippen molar-refractivity contribution < 1.29 is 5.11 Å². The number of rotatable bonds is 0. The highest BCUT2D eigenvalue weighted by atomic mass is 16.3. The van der Waals surface area contributed by atoms with E-state index in [1.165, 1.54) is 11.1 Å². The van der Waals surface area contributed by atoms with Gasteiger partial charge in [-0.1, -0.05) is 66.8 Å². The fraction of sp³-hybridized carbons (Fsp3) is 0.0526. The summed E-state index contributed by atoms with van der Waals surface area (Å²) in [5.74, 6) is 0.464. The molecular weight excluding hydrogens is 244 g/mol. The minimum absolute atomic E-state index is 0.464. The molecule has 2 aliphatic rings. The van der Waals surface area contributed by atoms with Crippen molar-refractivity contribution in [3.63, 3.8) is 0 Å². The maximum Gasteiger partial charge on any atom is 0.105 e. The molecule has 4 rings (SSSR count). The van der Waals surface area contributed by atoms with Crippen LogP contribution in [0.15, 0.2) is 66.4 Å². The van der Waals surface area contributed by atoms with Crippen LogP contribution in [0.2, 0.25) is 0 Å². The summed E-state index contributed by atoms with van der Waals surface area (Å²) >= 11 is 0. The number of benzene rings is 2. The first-order valence-corrected chi connectivity index (χ1v) is 6.83. The van der Waals surface area contributed by atoms with Crippen LogP contribution in [-0.2, 0) is 6.42 Å². The van der Waals surface area contributed by atoms with Crippen molar-refractivity contribution in [2.45, 2.75) is 6.42 Å². The fourth-order valence-corrected chi connectivity index (χ4v) is 3.09. The van der Waals surface area contributed by atoms with Gasteiger partial charge in [0.05, 0.1) is 0 Å². The quantitative estimate of drug-likeness (QED) is 0.731. The molecule has 0 fully saturated rings. The van der Waals surface area contributed by atoms with Crippen molar-refractivity contribution in [2.24, 2.45) is 0 Å². The Morgan fingerprint density at radius 3 is 2.50 bits per heavy atom. The zero-order valence-electron chi connectivity index (χ0n) is 11.0. The second-order valence-corrected chi connectivity index (χ2v) is 5.18. The van der Waals surface area contributed by atoms with Crippen LogP contribution >= 0.6 is 0 Å². The van der Waals surface area contributed by atoms with Crippen LogP contribution < -0.4 is 0 Å². The molecule has 0 radical (unpaired) electrons. The van der Waals surface area contributed by atoms with Gasteiger partial charge in [0.15, 0.2) is 0 Å². The van der Waals surface area contributed by atoms with Crippen LogP contribution in [0.4, 0.5) is 0 Å². The smallest absolute Gasteiger partial charge is 0.105 e. The molecule has 1 N–H and O–H groups in total. The zero-order valence-corrected chi connectivity index (χ0v) is 11.0. The molecule has 0 aromatic heterocycles. The summed E-state index contributed by atoms with van der Waals surface area (Å²) in [6, 6.07) is 16.5. The molecule has 0 atom stereocenters. The molecule has 0 heterocycles. The van der Waals surface area contributed by atoms with Gasteiger partial charge in [0.25, 0.3) is 0 Å². The van der Waals surface area contributed by atoms with Crippen LogP contribution in [0.3, 0.4) is 0 Å². The second kappa shape index (κ2) is 4.24. The monoisotopic (exact) mass is 258 g/mol. The largest absolute Gasteiger partial charge is 0.511 e. The number of hydrogen-bond donors (Lipinski definition) is 1. The molecule has 2 aromatic rings. The van der Waals surface area contributed by atoms with Crippen LogP contribution in [0.1, 0.15) is 22.3 Å². The first kappa shape index (κ1) is 11.3. The van der Waals surface area contributed by atoms with E-state index in [1.807, 2.05) is 18.2 Å². The summed E-state index contributed by atoms with van der Waals surface area (Å²) in [6.45, 7) is 0. The van der Waals surface area contributed by atoms with Gasteiger partial charge in [-0.3, -0.25) is 0 Å². The first-order valence-electron chi connectivity index (χ1n) is 6.83. The van der Waals surface area contributed by atoms with E-state index < -0.39 is 0 Å². The Bertz CT molecular complexity index is 791. The lowest BCUT2D eigenvalue weighted by molar-refractivity contribution is 0.401. The van der Waals surface area contributed by atoms with Gasteiger partial charge in [0.1, 0.15) is 5.76 Å². The van der Waals surface area contributed by atoms with Crippen molar-refractivity contribution in [3.05, 3.63) is 88.7 Å². The minimum atomic E-state index is 0.464. The SMILES string of the molecule is OC1=C2C(=CC=Cc3ccccc32)c2ccccc2C1. The Labute approximate surface area is 118 Å². The molecule has 96 valence electrons. The molecule has 1 nitrogen and oxygen atoms in total. The van der Waals surface area contributed by atoms with E-state index in [-0.39, 0.29) is 0 Å². The third kappa shape index (κ3) is 1.56. The molecule has 0 unspecified atom stereocenters. The van der Waals surface area contributed by atoms with Crippen molar-refractivity contribution in [3.8, 4) is 0 Å². The van der Waals surface area contributed by atoms with E-state index in [0.717, 1.165) is 22.3 Å². The summed E-state index contributed by atoms with van der Waals surface area (Å²) in [5.41, 5.74) is 6.77. The highest BCUT2D eigenvalue weighted by Gasteiger charge is 2.25. The number of allylic oxidation sites excluding steroid dienone is 5. The lowest BCUT2D eigenvalue weighted by Crippen LogP contribution is -2.07. The molecule has 0 saturated carbocycles. The Morgan fingerprint density at radius 1 is 0.850 bits per heavy atom. The summed E-state index contributed by atoms with van der Waals surface area (Å²) in [7, 11) is 0. The van der Waals surface area contributed by atoms with Crippen LogP contribution in [-0.4, -0.2) is 5.11 Å². The van der Waals surface area contributed by atoms with Gasteiger partial charge < -0.3 is 5.11 Å². The van der Waals surface area contributed by atoms with Crippen molar-refractivity contribution in [1.82, 2.24) is 0 Å². The predicted octanol–water partition coefficient (Wildman–Crippen LogP) is 4.62. The topological polar surface area (TPSA) is 20.2 Å². The second-order valence-electron chi connectivity index (χ2n) is 5.18. The third-order valence-corrected chi connectivity index (χ3v) is 3.99. The minimum Gasteiger partial charge on any atom is -0.511 e. The van der Waals surface area contributed by atoms with Crippen LogP contribution in [0.5, 0.6) is 0 Å². The van der Waals surface area contributed by atoms with Crippen LogP contribution in [0.25, 0.3) is 17.2 Å². The third-order valence-electron chi connectivity index (χ3n) is 3.99. The molecule has 2 aromatic carbocycles. The van der Waals surface area contributed by atoms with E-state index in [2.05, 4.69) is 48.6 Å². The first-order chi connectivity index (χ1) is 9.84. The maximum absolute atomic E-state index is 10.5. The van der Waals surface area contributed by atoms with Crippen molar-refractivity contribution in [1.29, 1.82) is 0 Å². The summed E-state index contributed by atoms with van der Waals surface area (Å²) < 4.78 is 0. The van der Waals surface area contributed by atoms with Gasteiger partial charge in [-0.05, 0) is 27.8 Å². The average molecular weight is 258 g/mol. The van der Waals surface area contributed by atoms with E-state index in [4.69, 9.17) is 0 Å². The highest BCUT2D eigenvalue weighted by Crippen LogP contribution is 2.42. The Kier molecular flexibility index (Phi) is 2.40. The van der Waals surface area contributed by atoms with E-state index >= 15 is 0 Å². The lowest BCUT2D eigenvalue weighted by Gasteiger charge is -2.23. The van der Waals surface area contributed by atoms with Gasteiger partial charge in [-0.15, -0.1) is 0 Å². The number of hydrogen-bond acceptors (Lipinski definition) is 1. The van der Waals surface area contributed by atoms with Gasteiger partial charge in [0, 0.05) is 12.0 Å². The summed E-state index contributed by atoms with van der Waals surface area (Å²) in [6.07, 6.45) is 6.88. The molecule has 0 bridgehead atoms. The number of aliphatic hydroxyl groups is 1. The molecule has 2 aliphatic carbocycles. The molecular formula is C19H14O. The Hall–Kier alpha value is -2.54. The molecule has 0 amide bonds. The van der Waals surface area contributed by atoms with Gasteiger partial charge in [-0.2, -0.15) is 0 Å². The van der Waals surface area contributed by atoms with Crippen LogP contribution in [0, 0.1) is 0 Å². The Balaban J connectivity index is 2.03. The average Bonchev–Trinajstić information content (AvgIpc) is 2.67. The Morgan fingerprint density at radius 2 is 1.60 bits per heavy atom. The zero-order chi connectivity index (χ0) is 13.5. The van der Waals surface area contributed by atoms with E-state index in [0.29, 0.717) is 12.2 Å². The van der Waals surface area contributed by atoms with E-state index in [9.17, 15) is 5.11 Å². The number of aliphatic hydroxyl groups excluding tert-OH is 1. The summed E-state index contributed by atoms with van der Waals surface area (Å²) in [4.78, 5) is 0. The number of fused-ring (bicyclic) bond motifs is 5. The molecule has 0 spiro atoms. The van der Waals surface area contributed by atoms with Crippen molar-refractivity contribution in [2.75, 3.05) is 0 Å².